The maximum absolute atomic E-state index is 13.6. The molecule has 0 saturated carbocycles. The molecule has 0 saturated heterocycles. The van der Waals surface area contributed by atoms with Gasteiger partial charge in [-0.25, -0.2) is 10.2 Å². The number of hydrogen-bond donors (Lipinski definition) is 2. The average Bonchev–Trinajstić information content (AvgIpc) is 3.43. The van der Waals surface area contributed by atoms with Crippen LogP contribution in [0.3, 0.4) is 0 Å². The highest BCUT2D eigenvalue weighted by atomic mass is 35.5. The smallest absolute Gasteiger partial charge is 0.343 e. The first-order valence-electron chi connectivity index (χ1n) is 13.8. The third-order valence-corrected chi connectivity index (χ3v) is 7.58. The van der Waals surface area contributed by atoms with Gasteiger partial charge in [0.05, 0.1) is 23.9 Å². The van der Waals surface area contributed by atoms with E-state index >= 15 is 0 Å². The van der Waals surface area contributed by atoms with Crippen LogP contribution in [-0.2, 0) is 0 Å². The van der Waals surface area contributed by atoms with Gasteiger partial charge in [-0.05, 0) is 66.4 Å². The number of carbonyl (C=O) groups excluding carboxylic acids is 2. The lowest BCUT2D eigenvalue weighted by Gasteiger charge is -2.11. The number of H-pyrrole nitrogens is 1. The van der Waals surface area contributed by atoms with Crippen LogP contribution in [-0.4, -0.2) is 29.7 Å². The number of carbonyl (C=O) groups is 2. The molecule has 0 aliphatic rings. The molecule has 1 heterocycles. The first-order chi connectivity index (χ1) is 21.4. The molecule has 2 N–H and O–H groups in total. The molecule has 218 valence electrons. The number of ether oxygens (including phenoxy) is 2. The molecular weight excluding hydrogens is 597 g/mol. The number of fused-ring (bicyclic) bond motifs is 3. The zero-order chi connectivity index (χ0) is 30.6. The van der Waals surface area contributed by atoms with Gasteiger partial charge in [0.15, 0.2) is 11.5 Å². The number of aromatic nitrogens is 1. The number of nitrogens with one attached hydrogen (secondary N) is 2. The number of aromatic amines is 1. The molecular formula is C35H25Cl2N3O4. The first-order valence-corrected chi connectivity index (χ1v) is 14.5. The standard InChI is InChI=1S/C35H25Cl2N3O4/c1-2-43-30-19-21(11-18-29(30)44-35(42)23-12-15-24(36)16-13-23)20-38-40-34(41)33-31(26-9-5-6-10-28(26)37)27-17-14-22-7-3-4-8-25(22)32(27)39-33/h3-20,39H,2H2,1H3,(H,40,41). The van der Waals surface area contributed by atoms with Crippen LogP contribution >= 0.6 is 23.2 Å². The number of hydrazone groups is 1. The lowest BCUT2D eigenvalue weighted by atomic mass is 9.99. The van der Waals surface area contributed by atoms with Crippen LogP contribution in [0, 0.1) is 0 Å². The topological polar surface area (TPSA) is 92.8 Å². The quantitative estimate of drug-likeness (QED) is 0.0769. The Balaban J connectivity index is 1.28. The van der Waals surface area contributed by atoms with Gasteiger partial charge < -0.3 is 14.5 Å². The van der Waals surface area contributed by atoms with Gasteiger partial charge in [0, 0.05) is 31.9 Å². The molecule has 7 nitrogen and oxygen atoms in total. The van der Waals surface area contributed by atoms with Crippen molar-refractivity contribution in [3.05, 3.63) is 130 Å². The minimum Gasteiger partial charge on any atom is -0.490 e. The van der Waals surface area contributed by atoms with Gasteiger partial charge in [-0.15, -0.1) is 0 Å². The van der Waals surface area contributed by atoms with Gasteiger partial charge in [-0.2, -0.15) is 5.10 Å². The van der Waals surface area contributed by atoms with Crippen LogP contribution in [0.4, 0.5) is 0 Å². The largest absolute Gasteiger partial charge is 0.490 e. The Kier molecular flexibility index (Phi) is 8.32. The van der Waals surface area contributed by atoms with Crippen LogP contribution < -0.4 is 14.9 Å². The molecule has 6 rings (SSSR count). The van der Waals surface area contributed by atoms with Crippen LogP contribution in [0.15, 0.2) is 108 Å². The molecule has 0 aliphatic heterocycles. The molecule has 5 aromatic carbocycles. The number of nitrogens with zero attached hydrogens (tertiary/aromatic N) is 1. The average molecular weight is 623 g/mol. The third kappa shape index (κ3) is 5.88. The van der Waals surface area contributed by atoms with E-state index < -0.39 is 11.9 Å². The summed E-state index contributed by atoms with van der Waals surface area (Å²) in [6, 6.07) is 30.8. The molecule has 0 bridgehead atoms. The summed E-state index contributed by atoms with van der Waals surface area (Å²) in [4.78, 5) is 29.5. The molecule has 0 spiro atoms. The van der Waals surface area contributed by atoms with Gasteiger partial charge >= 0.3 is 5.97 Å². The molecule has 0 aliphatic carbocycles. The van der Waals surface area contributed by atoms with E-state index in [9.17, 15) is 9.59 Å². The van der Waals surface area contributed by atoms with E-state index in [2.05, 4.69) is 15.5 Å². The van der Waals surface area contributed by atoms with Crippen LogP contribution in [0.5, 0.6) is 11.5 Å². The number of hydrogen-bond acceptors (Lipinski definition) is 5. The zero-order valence-corrected chi connectivity index (χ0v) is 24.9. The lowest BCUT2D eigenvalue weighted by molar-refractivity contribution is 0.0728. The summed E-state index contributed by atoms with van der Waals surface area (Å²) in [5.41, 5.74) is 6.19. The van der Waals surface area contributed by atoms with Gasteiger partial charge in [-0.3, -0.25) is 4.79 Å². The number of esters is 1. The Morgan fingerprint density at radius 3 is 2.43 bits per heavy atom. The normalized spacial score (nSPS) is 11.2. The Hall–Kier alpha value is -5.11. The fourth-order valence-electron chi connectivity index (χ4n) is 4.97. The number of benzene rings is 5. The second-order valence-corrected chi connectivity index (χ2v) is 10.6. The van der Waals surface area contributed by atoms with Gasteiger partial charge in [-0.1, -0.05) is 77.8 Å². The second kappa shape index (κ2) is 12.6. The second-order valence-electron chi connectivity index (χ2n) is 9.80. The minimum atomic E-state index is -0.545. The summed E-state index contributed by atoms with van der Waals surface area (Å²) >= 11 is 12.5. The van der Waals surface area contributed by atoms with E-state index in [0.717, 1.165) is 27.2 Å². The summed E-state index contributed by atoms with van der Waals surface area (Å²) < 4.78 is 11.3. The highest BCUT2D eigenvalue weighted by molar-refractivity contribution is 6.34. The van der Waals surface area contributed by atoms with Crippen molar-refractivity contribution in [2.75, 3.05) is 6.61 Å². The van der Waals surface area contributed by atoms with Crippen molar-refractivity contribution < 1.29 is 19.1 Å². The van der Waals surface area contributed by atoms with E-state index in [-0.39, 0.29) is 5.75 Å². The van der Waals surface area contributed by atoms with Crippen molar-refractivity contribution in [1.82, 2.24) is 10.4 Å². The van der Waals surface area contributed by atoms with Crippen molar-refractivity contribution in [1.29, 1.82) is 0 Å². The minimum absolute atomic E-state index is 0.252. The molecule has 6 aromatic rings. The summed E-state index contributed by atoms with van der Waals surface area (Å²) in [6.45, 7) is 2.18. The molecule has 9 heteroatoms. The number of rotatable bonds is 8. The van der Waals surface area contributed by atoms with Crippen molar-refractivity contribution in [3.63, 3.8) is 0 Å². The van der Waals surface area contributed by atoms with Gasteiger partial charge in [0.25, 0.3) is 5.91 Å². The monoisotopic (exact) mass is 621 g/mol. The van der Waals surface area contributed by atoms with Gasteiger partial charge in [0.1, 0.15) is 5.69 Å². The van der Waals surface area contributed by atoms with E-state index in [1.165, 1.54) is 6.21 Å². The number of halogens is 2. The zero-order valence-electron chi connectivity index (χ0n) is 23.4. The van der Waals surface area contributed by atoms with Crippen LogP contribution in [0.2, 0.25) is 10.0 Å². The molecule has 0 unspecified atom stereocenters. The molecule has 1 aromatic heterocycles. The van der Waals surface area contributed by atoms with Crippen molar-refractivity contribution in [3.8, 4) is 22.6 Å². The predicted molar refractivity (Wildman–Crippen MR) is 175 cm³/mol. The van der Waals surface area contributed by atoms with Crippen molar-refractivity contribution >= 4 is 63.0 Å². The molecule has 0 fully saturated rings. The third-order valence-electron chi connectivity index (χ3n) is 7.00. The molecule has 0 radical (unpaired) electrons. The molecule has 1 amide bonds. The first kappa shape index (κ1) is 29.0. The summed E-state index contributed by atoms with van der Waals surface area (Å²) in [5, 5.41) is 8.15. The molecule has 0 atom stereocenters. The van der Waals surface area contributed by atoms with E-state index in [1.54, 1.807) is 48.5 Å². The van der Waals surface area contributed by atoms with E-state index in [0.29, 0.717) is 44.8 Å². The van der Waals surface area contributed by atoms with Crippen LogP contribution in [0.1, 0.15) is 33.3 Å². The Morgan fingerprint density at radius 2 is 1.64 bits per heavy atom. The summed E-state index contributed by atoms with van der Waals surface area (Å²) in [5.74, 6) is -0.372. The highest BCUT2D eigenvalue weighted by Gasteiger charge is 2.22. The van der Waals surface area contributed by atoms with Gasteiger partial charge in [0.2, 0.25) is 0 Å². The maximum atomic E-state index is 13.6. The van der Waals surface area contributed by atoms with Crippen molar-refractivity contribution in [2.45, 2.75) is 6.92 Å². The fraction of sp³-hybridized carbons (Fsp3) is 0.0571. The summed E-state index contributed by atoms with van der Waals surface area (Å²) in [7, 11) is 0. The fourth-order valence-corrected chi connectivity index (χ4v) is 5.33. The molecule has 44 heavy (non-hydrogen) atoms. The lowest BCUT2D eigenvalue weighted by Crippen LogP contribution is -2.19. The Bertz CT molecular complexity index is 2050. The predicted octanol–water partition coefficient (Wildman–Crippen LogP) is 8.68. The van der Waals surface area contributed by atoms with Crippen molar-refractivity contribution in [2.24, 2.45) is 5.10 Å². The van der Waals surface area contributed by atoms with Crippen LogP contribution in [0.25, 0.3) is 32.8 Å². The Morgan fingerprint density at radius 1 is 0.864 bits per heavy atom. The van der Waals surface area contributed by atoms with E-state index in [4.69, 9.17) is 32.7 Å². The Labute approximate surface area is 263 Å². The van der Waals surface area contributed by atoms with E-state index in [1.807, 2.05) is 61.5 Å². The maximum Gasteiger partial charge on any atom is 0.343 e. The SMILES string of the molecule is CCOc1cc(C=NNC(=O)c2[nH]c3c(ccc4ccccc43)c2-c2ccccc2Cl)ccc1OC(=O)c1ccc(Cl)cc1. The highest BCUT2D eigenvalue weighted by Crippen LogP contribution is 2.39. The summed E-state index contributed by atoms with van der Waals surface area (Å²) in [6.07, 6.45) is 1.48. The number of amides is 1.